The third kappa shape index (κ3) is 7.64. The molecule has 0 aromatic heterocycles. The van der Waals surface area contributed by atoms with Crippen LogP contribution in [0.4, 0.5) is 0 Å². The number of amides is 1. The first-order chi connectivity index (χ1) is 19.8. The number of hydrogen-bond acceptors (Lipinski definition) is 5. The van der Waals surface area contributed by atoms with E-state index in [0.717, 1.165) is 64.8 Å². The maximum absolute atomic E-state index is 13.4. The van der Waals surface area contributed by atoms with Gasteiger partial charge in [-0.15, -0.1) is 0 Å². The highest BCUT2D eigenvalue weighted by molar-refractivity contribution is 7.89. The molecule has 224 valence electrons. The fourth-order valence-electron chi connectivity index (χ4n) is 6.81. The van der Waals surface area contributed by atoms with Gasteiger partial charge in [0.2, 0.25) is 15.9 Å². The van der Waals surface area contributed by atoms with Gasteiger partial charge in [0.15, 0.2) is 0 Å². The van der Waals surface area contributed by atoms with Gasteiger partial charge >= 0.3 is 0 Å². The molecule has 5 rings (SSSR count). The summed E-state index contributed by atoms with van der Waals surface area (Å²) in [6.07, 6.45) is 6.95. The predicted octanol–water partition coefficient (Wildman–Crippen LogP) is 5.92. The highest BCUT2D eigenvalue weighted by Crippen LogP contribution is 2.40. The van der Waals surface area contributed by atoms with Gasteiger partial charge in [0.05, 0.1) is 28.2 Å². The molecule has 41 heavy (non-hydrogen) atoms. The number of rotatable bonds is 9. The highest BCUT2D eigenvalue weighted by atomic mass is 35.5. The van der Waals surface area contributed by atoms with Crippen LogP contribution in [0.1, 0.15) is 63.0 Å². The Balaban J connectivity index is 1.14. The molecule has 1 aliphatic carbocycles. The lowest BCUT2D eigenvalue weighted by atomic mass is 9.76. The number of carbonyl (C=O) groups excluding carboxylic acids is 1. The number of hydrogen-bond donors (Lipinski definition) is 1. The summed E-state index contributed by atoms with van der Waals surface area (Å²) in [6.45, 7) is 4.56. The SMILES string of the molecule is O=C(CC1CCCCN1S(=O)(=O)c1ccc(Cl)c(Cl)c1)NCC1CCC(C(c2ccccc2)N2CCOCC2)CC1. The van der Waals surface area contributed by atoms with Crippen molar-refractivity contribution in [2.24, 2.45) is 11.8 Å². The second-order valence-corrected chi connectivity index (χ2v) is 14.3. The molecule has 3 aliphatic rings. The molecule has 0 bridgehead atoms. The van der Waals surface area contributed by atoms with Crippen molar-refractivity contribution in [1.82, 2.24) is 14.5 Å². The summed E-state index contributed by atoms with van der Waals surface area (Å²) in [5.74, 6) is 0.951. The van der Waals surface area contributed by atoms with E-state index in [2.05, 4.69) is 40.5 Å². The smallest absolute Gasteiger partial charge is 0.243 e. The minimum Gasteiger partial charge on any atom is -0.379 e. The second kappa shape index (κ2) is 14.2. The largest absolute Gasteiger partial charge is 0.379 e. The van der Waals surface area contributed by atoms with Crippen LogP contribution in [-0.2, 0) is 19.6 Å². The maximum atomic E-state index is 13.4. The van der Waals surface area contributed by atoms with Crippen molar-refractivity contribution in [2.45, 2.75) is 68.3 Å². The zero-order chi connectivity index (χ0) is 28.8. The lowest BCUT2D eigenvalue weighted by Gasteiger charge is -2.42. The first-order valence-electron chi connectivity index (χ1n) is 14.9. The van der Waals surface area contributed by atoms with E-state index < -0.39 is 10.0 Å². The van der Waals surface area contributed by atoms with Gasteiger partial charge in [-0.1, -0.05) is 60.0 Å². The van der Waals surface area contributed by atoms with Crippen molar-refractivity contribution < 1.29 is 17.9 Å². The third-order valence-corrected chi connectivity index (χ3v) is 11.7. The molecule has 0 spiro atoms. The number of morpholine rings is 1. The topological polar surface area (TPSA) is 79.0 Å². The zero-order valence-electron chi connectivity index (χ0n) is 23.5. The summed E-state index contributed by atoms with van der Waals surface area (Å²) in [5.41, 5.74) is 1.39. The minimum absolute atomic E-state index is 0.0798. The molecular weight excluding hydrogens is 581 g/mol. The van der Waals surface area contributed by atoms with Gasteiger partial charge in [-0.3, -0.25) is 9.69 Å². The van der Waals surface area contributed by atoms with E-state index in [4.69, 9.17) is 27.9 Å². The van der Waals surface area contributed by atoms with Crippen LogP contribution in [0.25, 0.3) is 0 Å². The van der Waals surface area contributed by atoms with Crippen LogP contribution in [0.5, 0.6) is 0 Å². The van der Waals surface area contributed by atoms with Crippen LogP contribution in [-0.4, -0.2) is 69.0 Å². The van der Waals surface area contributed by atoms with Crippen molar-refractivity contribution >= 4 is 39.1 Å². The average molecular weight is 623 g/mol. The number of sulfonamides is 1. The van der Waals surface area contributed by atoms with Crippen LogP contribution in [0.15, 0.2) is 53.4 Å². The summed E-state index contributed by atoms with van der Waals surface area (Å²) < 4.78 is 34.0. The molecule has 7 nitrogen and oxygen atoms in total. The number of nitrogens with zero attached hydrogens (tertiary/aromatic N) is 2. The van der Waals surface area contributed by atoms with E-state index in [1.807, 2.05) is 0 Å². The van der Waals surface area contributed by atoms with Crippen molar-refractivity contribution in [3.05, 3.63) is 64.1 Å². The number of piperidine rings is 1. The van der Waals surface area contributed by atoms with Gasteiger partial charge in [-0.05, 0) is 74.1 Å². The molecule has 2 aromatic carbocycles. The van der Waals surface area contributed by atoms with E-state index in [1.54, 1.807) is 0 Å². The van der Waals surface area contributed by atoms with Gasteiger partial charge in [-0.2, -0.15) is 4.31 Å². The second-order valence-electron chi connectivity index (χ2n) is 11.6. The van der Waals surface area contributed by atoms with E-state index >= 15 is 0 Å². The van der Waals surface area contributed by atoms with Gasteiger partial charge in [0, 0.05) is 44.7 Å². The summed E-state index contributed by atoms with van der Waals surface area (Å²) in [4.78, 5) is 15.7. The van der Waals surface area contributed by atoms with Crippen molar-refractivity contribution in [1.29, 1.82) is 0 Å². The Morgan fingerprint density at radius 1 is 0.927 bits per heavy atom. The van der Waals surface area contributed by atoms with Crippen molar-refractivity contribution in [3.8, 4) is 0 Å². The number of nitrogens with one attached hydrogen (secondary N) is 1. The van der Waals surface area contributed by atoms with E-state index in [9.17, 15) is 13.2 Å². The molecule has 3 fully saturated rings. The monoisotopic (exact) mass is 621 g/mol. The fraction of sp³-hybridized carbons (Fsp3) is 0.581. The van der Waals surface area contributed by atoms with Crippen LogP contribution < -0.4 is 5.32 Å². The maximum Gasteiger partial charge on any atom is 0.243 e. The summed E-state index contributed by atoms with van der Waals surface area (Å²) >= 11 is 12.1. The highest BCUT2D eigenvalue weighted by Gasteiger charge is 2.36. The third-order valence-electron chi connectivity index (χ3n) is 9.00. The van der Waals surface area contributed by atoms with Gasteiger partial charge < -0.3 is 10.1 Å². The Morgan fingerprint density at radius 3 is 2.37 bits per heavy atom. The fourth-order valence-corrected chi connectivity index (χ4v) is 8.89. The Labute approximate surface area is 254 Å². The lowest BCUT2D eigenvalue weighted by Crippen LogP contribution is -2.46. The molecule has 2 unspecified atom stereocenters. The molecule has 2 aromatic rings. The number of carbonyl (C=O) groups is 1. The molecule has 1 saturated carbocycles. The zero-order valence-corrected chi connectivity index (χ0v) is 25.8. The molecular formula is C31H41Cl2N3O4S. The van der Waals surface area contributed by atoms with E-state index in [-0.39, 0.29) is 28.3 Å². The number of halogens is 2. The van der Waals surface area contributed by atoms with Crippen molar-refractivity contribution in [3.63, 3.8) is 0 Å². The molecule has 2 aliphatic heterocycles. The molecule has 2 atom stereocenters. The Bertz CT molecular complexity index is 1270. The molecule has 2 saturated heterocycles. The van der Waals surface area contributed by atoms with E-state index in [0.29, 0.717) is 42.4 Å². The summed E-state index contributed by atoms with van der Waals surface area (Å²) in [5, 5.41) is 3.65. The normalized spacial score (nSPS) is 25.5. The summed E-state index contributed by atoms with van der Waals surface area (Å²) in [6, 6.07) is 15.3. The predicted molar refractivity (Wildman–Crippen MR) is 163 cm³/mol. The van der Waals surface area contributed by atoms with Gasteiger partial charge in [-0.25, -0.2) is 8.42 Å². The summed E-state index contributed by atoms with van der Waals surface area (Å²) in [7, 11) is -3.78. The molecule has 1 N–H and O–H groups in total. The number of benzene rings is 2. The van der Waals surface area contributed by atoms with E-state index in [1.165, 1.54) is 28.1 Å². The van der Waals surface area contributed by atoms with Crippen LogP contribution in [0, 0.1) is 11.8 Å². The van der Waals surface area contributed by atoms with Crippen molar-refractivity contribution in [2.75, 3.05) is 39.4 Å². The Kier molecular flexibility index (Phi) is 10.7. The molecule has 1 amide bonds. The van der Waals surface area contributed by atoms with Gasteiger partial charge in [0.25, 0.3) is 0 Å². The molecule has 10 heteroatoms. The van der Waals surface area contributed by atoms with Crippen LogP contribution in [0.2, 0.25) is 10.0 Å². The lowest BCUT2D eigenvalue weighted by molar-refractivity contribution is -0.122. The standard InChI is InChI=1S/C31H41Cl2N3O4S/c32-28-14-13-27(21-29(28)33)41(38,39)36-15-5-4-8-26(36)20-30(37)34-22-23-9-11-25(12-10-23)31(24-6-2-1-3-7-24)35-16-18-40-19-17-35/h1-3,6-7,13-14,21,23,25-26,31H,4-5,8-12,15-20,22H2,(H,34,37). The Hall–Kier alpha value is -1.68. The average Bonchev–Trinajstić information content (AvgIpc) is 2.99. The minimum atomic E-state index is -3.78. The molecule has 0 radical (unpaired) electrons. The van der Waals surface area contributed by atoms with Crippen LogP contribution >= 0.6 is 23.2 Å². The first kappa shape index (κ1) is 30.8. The van der Waals surface area contributed by atoms with Crippen LogP contribution in [0.3, 0.4) is 0 Å². The Morgan fingerprint density at radius 2 is 1.66 bits per heavy atom. The number of ether oxygens (including phenoxy) is 1. The first-order valence-corrected chi connectivity index (χ1v) is 17.1. The quantitative estimate of drug-likeness (QED) is 0.376. The van der Waals surface area contributed by atoms with Gasteiger partial charge in [0.1, 0.15) is 0 Å². The molecule has 2 heterocycles.